The number of hydrogen-bond donors (Lipinski definition) is 1. The number of hydrogen-bond acceptors (Lipinski definition) is 4. The van der Waals surface area contributed by atoms with Crippen LogP contribution in [-0.2, 0) is 11.2 Å². The third-order valence-corrected chi connectivity index (χ3v) is 4.25. The van der Waals surface area contributed by atoms with E-state index in [-0.39, 0.29) is 25.3 Å². The molecule has 2 atom stereocenters. The molecule has 5 nitrogen and oxygen atoms in total. The number of halogens is 2. The molecule has 7 heteroatoms. The largest absolute Gasteiger partial charge is 0.481 e. The third kappa shape index (κ3) is 3.76. The predicted octanol–water partition coefficient (Wildman–Crippen LogP) is 2.25. The molecule has 2 heterocycles. The van der Waals surface area contributed by atoms with E-state index in [1.807, 2.05) is 0 Å². The van der Waals surface area contributed by atoms with E-state index in [2.05, 4.69) is 4.98 Å². The molecule has 0 aliphatic carbocycles. The third-order valence-electron chi connectivity index (χ3n) is 4.25. The highest BCUT2D eigenvalue weighted by Gasteiger charge is 2.35. The van der Waals surface area contributed by atoms with Gasteiger partial charge in [-0.25, -0.2) is 13.8 Å². The first-order chi connectivity index (χ1) is 12.0. The molecule has 1 aromatic carbocycles. The Bertz CT molecular complexity index is 785. The summed E-state index contributed by atoms with van der Waals surface area (Å²) in [4.78, 5) is 18.3. The van der Waals surface area contributed by atoms with Gasteiger partial charge in [-0.15, -0.1) is 0 Å². The lowest BCUT2D eigenvalue weighted by atomic mass is 10.0. The van der Waals surface area contributed by atoms with Crippen LogP contribution in [0.1, 0.15) is 23.7 Å². The molecule has 0 spiro atoms. The minimum atomic E-state index is -0.972. The quantitative estimate of drug-likeness (QED) is 0.921. The zero-order valence-electron chi connectivity index (χ0n) is 13.7. The van der Waals surface area contributed by atoms with Crippen LogP contribution in [0.2, 0.25) is 0 Å². The molecular formula is C18H18F2N2O3. The van der Waals surface area contributed by atoms with E-state index in [0.717, 1.165) is 12.1 Å². The van der Waals surface area contributed by atoms with Gasteiger partial charge in [0, 0.05) is 12.6 Å². The van der Waals surface area contributed by atoms with Gasteiger partial charge in [0.05, 0.1) is 31.4 Å². The Kier molecular flexibility index (Phi) is 4.94. The molecule has 1 amide bonds. The van der Waals surface area contributed by atoms with Crippen LogP contribution in [0.15, 0.2) is 36.4 Å². The van der Waals surface area contributed by atoms with Gasteiger partial charge in [0.15, 0.2) is 11.6 Å². The Labute approximate surface area is 143 Å². The van der Waals surface area contributed by atoms with E-state index in [9.17, 15) is 18.7 Å². The van der Waals surface area contributed by atoms with Crippen LogP contribution in [0.5, 0.6) is 5.88 Å². The van der Waals surface area contributed by atoms with Gasteiger partial charge in [0.1, 0.15) is 0 Å². The highest BCUT2D eigenvalue weighted by atomic mass is 19.2. The lowest BCUT2D eigenvalue weighted by Gasteiger charge is -2.25. The van der Waals surface area contributed by atoms with E-state index < -0.39 is 23.8 Å². The van der Waals surface area contributed by atoms with E-state index in [1.54, 1.807) is 18.2 Å². The molecule has 1 aromatic heterocycles. The van der Waals surface area contributed by atoms with Gasteiger partial charge >= 0.3 is 0 Å². The van der Waals surface area contributed by atoms with Crippen molar-refractivity contribution in [2.24, 2.45) is 0 Å². The molecule has 25 heavy (non-hydrogen) atoms. The highest BCUT2D eigenvalue weighted by molar-refractivity contribution is 5.79. The van der Waals surface area contributed by atoms with Gasteiger partial charge < -0.3 is 14.7 Å². The molecule has 132 valence electrons. The van der Waals surface area contributed by atoms with Crippen molar-refractivity contribution < 1.29 is 23.4 Å². The van der Waals surface area contributed by atoms with Crippen molar-refractivity contribution in [3.63, 3.8) is 0 Å². The number of carbonyl (C=O) groups excluding carboxylic acids is 1. The molecule has 1 aliphatic rings. The van der Waals surface area contributed by atoms with Crippen molar-refractivity contribution in [2.75, 3.05) is 13.7 Å². The maximum Gasteiger partial charge on any atom is 0.229 e. The molecular weight excluding hydrogens is 330 g/mol. The minimum absolute atomic E-state index is 0.0318. The summed E-state index contributed by atoms with van der Waals surface area (Å²) in [6, 6.07) is 8.16. The van der Waals surface area contributed by atoms with Crippen molar-refractivity contribution >= 4 is 5.91 Å². The number of amides is 1. The maximum absolute atomic E-state index is 13.5. The number of likely N-dealkylation sites (tertiary alicyclic amines) is 1. The fourth-order valence-corrected chi connectivity index (χ4v) is 3.05. The summed E-state index contributed by atoms with van der Waals surface area (Å²) >= 11 is 0. The van der Waals surface area contributed by atoms with Crippen molar-refractivity contribution in [1.82, 2.24) is 9.88 Å². The molecule has 0 bridgehead atoms. The van der Waals surface area contributed by atoms with E-state index in [4.69, 9.17) is 4.74 Å². The number of nitrogens with zero attached hydrogens (tertiary/aromatic N) is 2. The standard InChI is InChI=1S/C18H18F2N2O3/c1-25-17-4-2-3-12(21-17)8-18(24)22-10-13(23)9-16(22)11-5-6-14(19)15(20)7-11/h2-7,13,16,23H,8-10H2,1H3. The van der Waals surface area contributed by atoms with E-state index in [1.165, 1.54) is 18.1 Å². The predicted molar refractivity (Wildman–Crippen MR) is 85.9 cm³/mol. The lowest BCUT2D eigenvalue weighted by Crippen LogP contribution is -2.33. The first-order valence-corrected chi connectivity index (χ1v) is 7.90. The van der Waals surface area contributed by atoms with Crippen LogP contribution in [0.3, 0.4) is 0 Å². The molecule has 2 aromatic rings. The summed E-state index contributed by atoms with van der Waals surface area (Å²) < 4.78 is 31.7. The Balaban J connectivity index is 1.80. The fraction of sp³-hybridized carbons (Fsp3) is 0.333. The normalized spacial score (nSPS) is 19.9. The van der Waals surface area contributed by atoms with Crippen LogP contribution >= 0.6 is 0 Å². The summed E-state index contributed by atoms with van der Waals surface area (Å²) in [5, 5.41) is 9.96. The second-order valence-electron chi connectivity index (χ2n) is 5.97. The van der Waals surface area contributed by atoms with E-state index in [0.29, 0.717) is 17.1 Å². The van der Waals surface area contributed by atoms with Crippen molar-refractivity contribution in [1.29, 1.82) is 0 Å². The average molecular weight is 348 g/mol. The lowest BCUT2D eigenvalue weighted by molar-refractivity contribution is -0.131. The zero-order valence-corrected chi connectivity index (χ0v) is 13.7. The number of pyridine rings is 1. The molecule has 0 radical (unpaired) electrons. The van der Waals surface area contributed by atoms with Gasteiger partial charge in [-0.1, -0.05) is 12.1 Å². The topological polar surface area (TPSA) is 62.7 Å². The minimum Gasteiger partial charge on any atom is -0.481 e. The van der Waals surface area contributed by atoms with Crippen molar-refractivity contribution in [3.05, 3.63) is 59.3 Å². The van der Waals surface area contributed by atoms with Crippen LogP contribution in [-0.4, -0.2) is 40.7 Å². The summed E-state index contributed by atoms with van der Waals surface area (Å²) in [5.74, 6) is -1.75. The molecule has 1 N–H and O–H groups in total. The number of rotatable bonds is 4. The fourth-order valence-electron chi connectivity index (χ4n) is 3.05. The SMILES string of the molecule is COc1cccc(CC(=O)N2CC(O)CC2c2ccc(F)c(F)c2)n1. The van der Waals surface area contributed by atoms with Gasteiger partial charge in [0.2, 0.25) is 11.8 Å². The van der Waals surface area contributed by atoms with Gasteiger partial charge in [0.25, 0.3) is 0 Å². The number of ether oxygens (including phenoxy) is 1. The number of aliphatic hydroxyl groups excluding tert-OH is 1. The van der Waals surface area contributed by atoms with Gasteiger partial charge in [-0.05, 0) is 30.2 Å². The van der Waals surface area contributed by atoms with Gasteiger partial charge in [-0.2, -0.15) is 0 Å². The summed E-state index contributed by atoms with van der Waals surface area (Å²) in [6.07, 6.45) is -0.396. The van der Waals surface area contributed by atoms with Crippen molar-refractivity contribution in [2.45, 2.75) is 25.0 Å². The molecule has 0 saturated carbocycles. The summed E-state index contributed by atoms with van der Waals surface area (Å²) in [5.41, 5.74) is 0.997. The molecule has 1 saturated heterocycles. The summed E-state index contributed by atoms with van der Waals surface area (Å²) in [6.45, 7) is 0.145. The number of aliphatic hydroxyl groups is 1. The average Bonchev–Trinajstić information content (AvgIpc) is 2.99. The number of benzene rings is 1. The van der Waals surface area contributed by atoms with Crippen molar-refractivity contribution in [3.8, 4) is 5.88 Å². The smallest absolute Gasteiger partial charge is 0.229 e. The number of aromatic nitrogens is 1. The molecule has 2 unspecified atom stereocenters. The van der Waals surface area contributed by atoms with E-state index >= 15 is 0 Å². The Hall–Kier alpha value is -2.54. The molecule has 3 rings (SSSR count). The number of methoxy groups -OCH3 is 1. The highest BCUT2D eigenvalue weighted by Crippen LogP contribution is 2.33. The van der Waals surface area contributed by atoms with Crippen LogP contribution in [0.4, 0.5) is 8.78 Å². The monoisotopic (exact) mass is 348 g/mol. The summed E-state index contributed by atoms with van der Waals surface area (Å²) in [7, 11) is 1.49. The second-order valence-corrected chi connectivity index (χ2v) is 5.97. The van der Waals surface area contributed by atoms with Crippen LogP contribution < -0.4 is 4.74 Å². The molecule has 1 aliphatic heterocycles. The first-order valence-electron chi connectivity index (χ1n) is 7.90. The van der Waals surface area contributed by atoms with Gasteiger partial charge in [-0.3, -0.25) is 4.79 Å². The van der Waals surface area contributed by atoms with Crippen LogP contribution in [0, 0.1) is 11.6 Å². The van der Waals surface area contributed by atoms with Crippen LogP contribution in [0.25, 0.3) is 0 Å². The Morgan fingerprint density at radius 2 is 2.12 bits per heavy atom. The molecule has 1 fully saturated rings. The zero-order chi connectivity index (χ0) is 18.0. The Morgan fingerprint density at radius 1 is 1.32 bits per heavy atom. The maximum atomic E-state index is 13.5. The first kappa shape index (κ1) is 17.3. The number of carbonyl (C=O) groups is 1. The second kappa shape index (κ2) is 7.14. The number of β-amino-alcohol motifs (C(OH)–C–C–N with tert-alkyl or cyclic N) is 1. The Morgan fingerprint density at radius 3 is 2.84 bits per heavy atom.